The summed E-state index contributed by atoms with van der Waals surface area (Å²) < 4.78 is 0. The number of aliphatic hydroxyl groups is 1. The molecular formula is C23H38O2. The van der Waals surface area contributed by atoms with Crippen LogP contribution in [0.5, 0.6) is 0 Å². The lowest BCUT2D eigenvalue weighted by atomic mass is 9.48. The van der Waals surface area contributed by atoms with E-state index in [2.05, 4.69) is 13.8 Å². The molecule has 25 heavy (non-hydrogen) atoms. The molecule has 4 fully saturated rings. The topological polar surface area (TPSA) is 37.3 Å². The summed E-state index contributed by atoms with van der Waals surface area (Å²) in [5.74, 6) is 4.93. The third kappa shape index (κ3) is 2.82. The van der Waals surface area contributed by atoms with Gasteiger partial charge in [-0.05, 0) is 106 Å². The van der Waals surface area contributed by atoms with E-state index in [9.17, 15) is 9.90 Å². The van der Waals surface area contributed by atoms with Crippen LogP contribution in [0.15, 0.2) is 0 Å². The molecule has 4 rings (SSSR count). The van der Waals surface area contributed by atoms with Gasteiger partial charge in [0.1, 0.15) is 5.78 Å². The van der Waals surface area contributed by atoms with Crippen molar-refractivity contribution in [3.05, 3.63) is 0 Å². The van der Waals surface area contributed by atoms with Gasteiger partial charge in [0, 0.05) is 5.92 Å². The zero-order valence-electron chi connectivity index (χ0n) is 16.6. The van der Waals surface area contributed by atoms with Crippen molar-refractivity contribution in [2.24, 2.45) is 40.9 Å². The van der Waals surface area contributed by atoms with Gasteiger partial charge < -0.3 is 5.11 Å². The first-order chi connectivity index (χ1) is 11.9. The van der Waals surface area contributed by atoms with Crippen LogP contribution in [0.25, 0.3) is 0 Å². The van der Waals surface area contributed by atoms with Crippen LogP contribution in [0.3, 0.4) is 0 Å². The molecule has 0 aromatic rings. The third-order valence-electron chi connectivity index (χ3n) is 9.31. The Kier molecular flexibility index (Phi) is 4.58. The molecule has 8 atom stereocenters. The number of ketones is 1. The predicted octanol–water partition coefficient (Wildman–Crippen LogP) is 5.38. The standard InChI is InChI=1S/C23H38O2/c1-4-11-23(25)13-10-17-16(14-23)5-6-19-18(17)9-12-22(3)20(15(2)24)7-8-21(19)22/h16-21,25H,4-14H2,1-3H3/t16-,17+,18-,19-,20-,21+,22-,23-/m1/s1. The molecule has 1 N–H and O–H groups in total. The molecular weight excluding hydrogens is 308 g/mol. The molecule has 0 aromatic carbocycles. The molecule has 0 bridgehead atoms. The van der Waals surface area contributed by atoms with Crippen LogP contribution >= 0.6 is 0 Å². The van der Waals surface area contributed by atoms with Gasteiger partial charge in [-0.3, -0.25) is 4.79 Å². The first-order valence-electron chi connectivity index (χ1n) is 11.1. The van der Waals surface area contributed by atoms with Crippen molar-refractivity contribution in [1.82, 2.24) is 0 Å². The van der Waals surface area contributed by atoms with E-state index in [1.165, 1.54) is 38.5 Å². The Morgan fingerprint density at radius 2 is 1.76 bits per heavy atom. The summed E-state index contributed by atoms with van der Waals surface area (Å²) in [6.07, 6.45) is 13.2. The second kappa shape index (κ2) is 6.36. The van der Waals surface area contributed by atoms with Crippen LogP contribution in [-0.4, -0.2) is 16.5 Å². The molecule has 0 unspecified atom stereocenters. The first-order valence-corrected chi connectivity index (χ1v) is 11.1. The van der Waals surface area contributed by atoms with E-state index in [0.29, 0.717) is 11.7 Å². The number of hydrogen-bond donors (Lipinski definition) is 1. The van der Waals surface area contributed by atoms with Gasteiger partial charge in [-0.2, -0.15) is 0 Å². The molecule has 0 amide bonds. The summed E-state index contributed by atoms with van der Waals surface area (Å²) in [5.41, 5.74) is -0.0729. The Labute approximate surface area is 154 Å². The maximum absolute atomic E-state index is 12.2. The fourth-order valence-corrected chi connectivity index (χ4v) is 8.32. The number of Topliss-reactive ketones (excluding diaryl/α,β-unsaturated/α-hetero) is 1. The Morgan fingerprint density at radius 1 is 1.00 bits per heavy atom. The van der Waals surface area contributed by atoms with Crippen molar-refractivity contribution >= 4 is 5.78 Å². The highest BCUT2D eigenvalue weighted by atomic mass is 16.3. The van der Waals surface area contributed by atoms with Gasteiger partial charge in [-0.15, -0.1) is 0 Å². The van der Waals surface area contributed by atoms with E-state index in [4.69, 9.17) is 0 Å². The van der Waals surface area contributed by atoms with Gasteiger partial charge in [0.05, 0.1) is 5.60 Å². The maximum Gasteiger partial charge on any atom is 0.133 e. The van der Waals surface area contributed by atoms with Crippen molar-refractivity contribution < 1.29 is 9.90 Å². The van der Waals surface area contributed by atoms with Crippen molar-refractivity contribution in [2.45, 2.75) is 97.0 Å². The van der Waals surface area contributed by atoms with E-state index in [-0.39, 0.29) is 11.0 Å². The Hall–Kier alpha value is -0.370. The summed E-state index contributed by atoms with van der Waals surface area (Å²) in [5, 5.41) is 11.0. The number of fused-ring (bicyclic) bond motifs is 5. The smallest absolute Gasteiger partial charge is 0.133 e. The van der Waals surface area contributed by atoms with Crippen LogP contribution in [0.2, 0.25) is 0 Å². The fourth-order valence-electron chi connectivity index (χ4n) is 8.32. The van der Waals surface area contributed by atoms with Crippen molar-refractivity contribution in [1.29, 1.82) is 0 Å². The molecule has 0 spiro atoms. The molecule has 0 aromatic heterocycles. The third-order valence-corrected chi connectivity index (χ3v) is 9.31. The molecule has 142 valence electrons. The minimum atomic E-state index is -0.362. The van der Waals surface area contributed by atoms with E-state index in [1.807, 2.05) is 6.92 Å². The lowest BCUT2D eigenvalue weighted by Crippen LogP contribution is -2.51. The summed E-state index contributed by atoms with van der Waals surface area (Å²) >= 11 is 0. The molecule has 0 radical (unpaired) electrons. The first kappa shape index (κ1) is 18.0. The highest BCUT2D eigenvalue weighted by Gasteiger charge is 2.58. The SMILES string of the molecule is CCC[C@@]1(O)CC[C@H]2[C@H](CC[C@@H]3[C@@H]2CC[C@]2(C)[C@@H](C(C)=O)CC[C@@H]32)C1. The molecule has 0 heterocycles. The van der Waals surface area contributed by atoms with Crippen LogP contribution in [0.1, 0.15) is 91.4 Å². The van der Waals surface area contributed by atoms with E-state index in [1.54, 1.807) is 0 Å². The minimum Gasteiger partial charge on any atom is -0.390 e. The zero-order valence-corrected chi connectivity index (χ0v) is 16.6. The summed E-state index contributed by atoms with van der Waals surface area (Å²) in [4.78, 5) is 12.2. The average molecular weight is 347 g/mol. The van der Waals surface area contributed by atoms with Crippen molar-refractivity contribution in [3.8, 4) is 0 Å². The van der Waals surface area contributed by atoms with Gasteiger partial charge >= 0.3 is 0 Å². The normalized spacial score (nSPS) is 52.2. The second-order valence-electron chi connectivity index (χ2n) is 10.4. The lowest BCUT2D eigenvalue weighted by molar-refractivity contribution is -0.131. The van der Waals surface area contributed by atoms with Gasteiger partial charge in [0.2, 0.25) is 0 Å². The predicted molar refractivity (Wildman–Crippen MR) is 101 cm³/mol. The summed E-state index contributed by atoms with van der Waals surface area (Å²) in [6.45, 7) is 6.48. The molecule has 4 aliphatic carbocycles. The van der Waals surface area contributed by atoms with Crippen LogP contribution < -0.4 is 0 Å². The highest BCUT2D eigenvalue weighted by Crippen LogP contribution is 2.64. The largest absolute Gasteiger partial charge is 0.390 e. The number of carbonyl (C=O) groups is 1. The van der Waals surface area contributed by atoms with Gasteiger partial charge in [0.25, 0.3) is 0 Å². The van der Waals surface area contributed by atoms with Gasteiger partial charge in [0.15, 0.2) is 0 Å². The molecule has 0 saturated heterocycles. The average Bonchev–Trinajstić information content (AvgIpc) is 2.91. The number of rotatable bonds is 3. The van der Waals surface area contributed by atoms with Crippen LogP contribution in [0, 0.1) is 40.9 Å². The van der Waals surface area contributed by atoms with Crippen LogP contribution in [0.4, 0.5) is 0 Å². The van der Waals surface area contributed by atoms with Crippen molar-refractivity contribution in [3.63, 3.8) is 0 Å². The van der Waals surface area contributed by atoms with E-state index >= 15 is 0 Å². The Morgan fingerprint density at radius 3 is 2.48 bits per heavy atom. The Bertz CT molecular complexity index is 528. The number of carbonyl (C=O) groups excluding carboxylic acids is 1. The highest BCUT2D eigenvalue weighted by molar-refractivity contribution is 5.79. The van der Waals surface area contributed by atoms with Crippen LogP contribution in [-0.2, 0) is 4.79 Å². The van der Waals surface area contributed by atoms with Gasteiger partial charge in [-0.1, -0.05) is 20.3 Å². The van der Waals surface area contributed by atoms with E-state index < -0.39 is 0 Å². The summed E-state index contributed by atoms with van der Waals surface area (Å²) in [6, 6.07) is 0. The molecule has 0 aliphatic heterocycles. The molecule has 2 heteroatoms. The number of hydrogen-bond acceptors (Lipinski definition) is 2. The monoisotopic (exact) mass is 346 g/mol. The quantitative estimate of drug-likeness (QED) is 0.745. The fraction of sp³-hybridized carbons (Fsp3) is 0.957. The minimum absolute atomic E-state index is 0.289. The maximum atomic E-state index is 12.2. The Balaban J connectivity index is 1.51. The summed E-state index contributed by atoms with van der Waals surface area (Å²) in [7, 11) is 0. The van der Waals surface area contributed by atoms with Gasteiger partial charge in [-0.25, -0.2) is 0 Å². The second-order valence-corrected chi connectivity index (χ2v) is 10.4. The zero-order chi connectivity index (χ0) is 17.8. The lowest BCUT2D eigenvalue weighted by Gasteiger charge is -2.57. The van der Waals surface area contributed by atoms with E-state index in [0.717, 1.165) is 61.7 Å². The molecule has 4 aliphatic rings. The van der Waals surface area contributed by atoms with Crippen molar-refractivity contribution in [2.75, 3.05) is 0 Å². The molecule has 2 nitrogen and oxygen atoms in total. The molecule has 4 saturated carbocycles.